The van der Waals surface area contributed by atoms with Gasteiger partial charge in [-0.3, -0.25) is 14.9 Å². The summed E-state index contributed by atoms with van der Waals surface area (Å²) in [6.45, 7) is 1.57. The zero-order valence-electron chi connectivity index (χ0n) is 14.8. The van der Waals surface area contributed by atoms with E-state index in [1.54, 1.807) is 19.1 Å². The van der Waals surface area contributed by atoms with E-state index in [0.29, 0.717) is 29.7 Å². The average Bonchev–Trinajstić information content (AvgIpc) is 3.17. The average molecular weight is 388 g/mol. The minimum atomic E-state index is -3.33. The van der Waals surface area contributed by atoms with Crippen molar-refractivity contribution in [3.63, 3.8) is 0 Å². The fourth-order valence-electron chi connectivity index (χ4n) is 3.32. The Morgan fingerprint density at radius 2 is 1.74 bits per heavy atom. The molecule has 0 aliphatic heterocycles. The van der Waals surface area contributed by atoms with Gasteiger partial charge in [0.05, 0.1) is 15.1 Å². The van der Waals surface area contributed by atoms with E-state index in [1.807, 2.05) is 0 Å². The summed E-state index contributed by atoms with van der Waals surface area (Å²) in [7, 11) is -3.33. The first kappa shape index (κ1) is 19.0. The standard InChI is InChI=1S/C19H20N2O5S/c1-13-12-14(6-11-18(13)21(23)24)19(22)20-15-7-9-17(10-8-15)27(25,26)16-4-2-3-5-16/h6-12,16H,2-5H2,1H3,(H,20,22). The number of rotatable bonds is 5. The third kappa shape index (κ3) is 4.00. The fourth-order valence-corrected chi connectivity index (χ4v) is 5.18. The molecule has 27 heavy (non-hydrogen) atoms. The molecule has 0 heterocycles. The minimum Gasteiger partial charge on any atom is -0.322 e. The van der Waals surface area contributed by atoms with E-state index >= 15 is 0 Å². The normalized spacial score (nSPS) is 14.9. The summed E-state index contributed by atoms with van der Waals surface area (Å²) in [6.07, 6.45) is 3.26. The number of amides is 1. The van der Waals surface area contributed by atoms with Gasteiger partial charge in [-0.2, -0.15) is 0 Å². The number of hydrogen-bond acceptors (Lipinski definition) is 5. The number of nitrogens with zero attached hydrogens (tertiary/aromatic N) is 1. The predicted molar refractivity (Wildman–Crippen MR) is 102 cm³/mol. The largest absolute Gasteiger partial charge is 0.322 e. The lowest BCUT2D eigenvalue weighted by Crippen LogP contribution is -2.18. The van der Waals surface area contributed by atoms with Crippen LogP contribution in [-0.4, -0.2) is 24.5 Å². The molecule has 0 unspecified atom stereocenters. The Morgan fingerprint density at radius 3 is 2.30 bits per heavy atom. The lowest BCUT2D eigenvalue weighted by atomic mass is 10.1. The third-order valence-corrected chi connectivity index (χ3v) is 7.12. The molecule has 1 fully saturated rings. The maximum atomic E-state index is 12.6. The molecule has 142 valence electrons. The molecule has 1 aliphatic carbocycles. The summed E-state index contributed by atoms with van der Waals surface area (Å²) >= 11 is 0. The summed E-state index contributed by atoms with van der Waals surface area (Å²) in [4.78, 5) is 23.0. The molecule has 2 aromatic carbocycles. The molecule has 0 saturated heterocycles. The number of hydrogen-bond donors (Lipinski definition) is 1. The molecule has 7 nitrogen and oxygen atoms in total. The third-order valence-electron chi connectivity index (χ3n) is 4.84. The SMILES string of the molecule is Cc1cc(C(=O)Nc2ccc(S(=O)(=O)C3CCCC3)cc2)ccc1[N+](=O)[O-]. The van der Waals surface area contributed by atoms with Crippen molar-refractivity contribution >= 4 is 27.1 Å². The lowest BCUT2D eigenvalue weighted by molar-refractivity contribution is -0.385. The van der Waals surface area contributed by atoms with Crippen molar-refractivity contribution in [2.24, 2.45) is 0 Å². The summed E-state index contributed by atoms with van der Waals surface area (Å²) in [5.41, 5.74) is 1.10. The van der Waals surface area contributed by atoms with Crippen LogP contribution in [0, 0.1) is 17.0 Å². The highest BCUT2D eigenvalue weighted by Gasteiger charge is 2.30. The Hall–Kier alpha value is -2.74. The summed E-state index contributed by atoms with van der Waals surface area (Å²) < 4.78 is 25.1. The van der Waals surface area contributed by atoms with Gasteiger partial charge in [0.2, 0.25) is 0 Å². The van der Waals surface area contributed by atoms with E-state index in [1.165, 1.54) is 30.3 Å². The predicted octanol–water partition coefficient (Wildman–Crippen LogP) is 3.87. The molecule has 0 bridgehead atoms. The summed E-state index contributed by atoms with van der Waals surface area (Å²) in [6, 6.07) is 10.2. The van der Waals surface area contributed by atoms with Gasteiger partial charge in [-0.15, -0.1) is 0 Å². The molecular weight excluding hydrogens is 368 g/mol. The van der Waals surface area contributed by atoms with Crippen molar-refractivity contribution < 1.29 is 18.1 Å². The van der Waals surface area contributed by atoms with Gasteiger partial charge in [0.25, 0.3) is 11.6 Å². The van der Waals surface area contributed by atoms with Gasteiger partial charge in [-0.25, -0.2) is 8.42 Å². The maximum absolute atomic E-state index is 12.6. The quantitative estimate of drug-likeness (QED) is 0.618. The van der Waals surface area contributed by atoms with Crippen molar-refractivity contribution in [3.05, 3.63) is 63.7 Å². The Labute approximate surface area is 157 Å². The molecule has 3 rings (SSSR count). The first-order valence-corrected chi connectivity index (χ1v) is 10.2. The highest BCUT2D eigenvalue weighted by atomic mass is 32.2. The van der Waals surface area contributed by atoms with Crippen molar-refractivity contribution in [2.45, 2.75) is 42.8 Å². The second-order valence-corrected chi connectivity index (χ2v) is 8.92. The molecular formula is C19H20N2O5S. The van der Waals surface area contributed by atoms with E-state index in [9.17, 15) is 23.3 Å². The molecule has 0 aromatic heterocycles. The number of sulfone groups is 1. The Balaban J connectivity index is 1.74. The summed E-state index contributed by atoms with van der Waals surface area (Å²) in [5.74, 6) is -0.417. The number of nitro benzene ring substituents is 1. The van der Waals surface area contributed by atoms with Crippen LogP contribution in [0.4, 0.5) is 11.4 Å². The van der Waals surface area contributed by atoms with Crippen LogP contribution in [0.3, 0.4) is 0 Å². The number of carbonyl (C=O) groups is 1. The topological polar surface area (TPSA) is 106 Å². The number of benzene rings is 2. The molecule has 0 radical (unpaired) electrons. The molecule has 1 N–H and O–H groups in total. The van der Waals surface area contributed by atoms with Crippen LogP contribution >= 0.6 is 0 Å². The number of carbonyl (C=O) groups excluding carboxylic acids is 1. The Kier molecular flexibility index (Phi) is 5.27. The first-order chi connectivity index (χ1) is 12.8. The van der Waals surface area contributed by atoms with Gasteiger partial charge >= 0.3 is 0 Å². The molecule has 1 aliphatic rings. The van der Waals surface area contributed by atoms with Crippen molar-refractivity contribution in [1.82, 2.24) is 0 Å². The van der Waals surface area contributed by atoms with Crippen LogP contribution < -0.4 is 5.32 Å². The van der Waals surface area contributed by atoms with Crippen molar-refractivity contribution in [3.8, 4) is 0 Å². The van der Waals surface area contributed by atoms with Crippen LogP contribution in [-0.2, 0) is 9.84 Å². The van der Waals surface area contributed by atoms with Gasteiger partial charge in [0.15, 0.2) is 9.84 Å². The number of nitro groups is 1. The molecule has 0 spiro atoms. The second kappa shape index (κ2) is 7.48. The van der Waals surface area contributed by atoms with E-state index in [4.69, 9.17) is 0 Å². The second-order valence-electron chi connectivity index (χ2n) is 6.69. The van der Waals surface area contributed by atoms with Crippen molar-refractivity contribution in [1.29, 1.82) is 0 Å². The first-order valence-electron chi connectivity index (χ1n) is 8.69. The number of aryl methyl sites for hydroxylation is 1. The molecule has 0 atom stereocenters. The molecule has 2 aromatic rings. The van der Waals surface area contributed by atoms with Crippen LogP contribution in [0.5, 0.6) is 0 Å². The van der Waals surface area contributed by atoms with Crippen LogP contribution in [0.1, 0.15) is 41.6 Å². The zero-order chi connectivity index (χ0) is 19.6. The smallest absolute Gasteiger partial charge is 0.272 e. The molecule has 8 heteroatoms. The van der Waals surface area contributed by atoms with E-state index in [2.05, 4.69) is 5.32 Å². The Morgan fingerprint density at radius 1 is 1.11 bits per heavy atom. The molecule has 1 saturated carbocycles. The minimum absolute atomic E-state index is 0.0481. The Bertz CT molecular complexity index is 978. The number of anilines is 1. The van der Waals surface area contributed by atoms with Crippen molar-refractivity contribution in [2.75, 3.05) is 5.32 Å². The van der Waals surface area contributed by atoms with E-state index < -0.39 is 20.7 Å². The van der Waals surface area contributed by atoms with Crippen LogP contribution in [0.2, 0.25) is 0 Å². The highest BCUT2D eigenvalue weighted by molar-refractivity contribution is 7.92. The zero-order valence-corrected chi connectivity index (χ0v) is 15.7. The van der Waals surface area contributed by atoms with Crippen LogP contribution in [0.25, 0.3) is 0 Å². The lowest BCUT2D eigenvalue weighted by Gasteiger charge is -2.12. The maximum Gasteiger partial charge on any atom is 0.272 e. The fraction of sp³-hybridized carbons (Fsp3) is 0.316. The van der Waals surface area contributed by atoms with Gasteiger partial charge in [-0.05, 0) is 56.2 Å². The van der Waals surface area contributed by atoms with E-state index in [0.717, 1.165) is 12.8 Å². The molecule has 1 amide bonds. The van der Waals surface area contributed by atoms with Gasteiger partial charge < -0.3 is 5.32 Å². The monoisotopic (exact) mass is 388 g/mol. The van der Waals surface area contributed by atoms with Gasteiger partial charge in [0.1, 0.15) is 0 Å². The summed E-state index contributed by atoms with van der Waals surface area (Å²) in [5, 5.41) is 13.2. The highest BCUT2D eigenvalue weighted by Crippen LogP contribution is 2.30. The van der Waals surface area contributed by atoms with Crippen LogP contribution in [0.15, 0.2) is 47.4 Å². The van der Waals surface area contributed by atoms with Gasteiger partial charge in [-0.1, -0.05) is 12.8 Å². The number of nitrogens with one attached hydrogen (secondary N) is 1. The van der Waals surface area contributed by atoms with Gasteiger partial charge in [0, 0.05) is 22.9 Å². The van der Waals surface area contributed by atoms with E-state index in [-0.39, 0.29) is 15.8 Å².